The minimum Gasteiger partial charge on any atom is -0.508 e. The van der Waals surface area contributed by atoms with Gasteiger partial charge in [-0.3, -0.25) is 19.3 Å². The number of benzene rings is 4. The van der Waals surface area contributed by atoms with Gasteiger partial charge in [0, 0.05) is 33.6 Å². The number of carbonyl (C=O) groups is 1. The predicted octanol–water partition coefficient (Wildman–Crippen LogP) is 9.60. The van der Waals surface area contributed by atoms with Crippen LogP contribution in [0.5, 0.6) is 11.5 Å². The van der Waals surface area contributed by atoms with Crippen LogP contribution in [0.1, 0.15) is 114 Å². The van der Waals surface area contributed by atoms with Crippen molar-refractivity contribution in [3.63, 3.8) is 0 Å². The minimum absolute atomic E-state index is 0.00356. The molecule has 2 aliphatic rings. The molecular formula is C51H54ClN9O4S. The Morgan fingerprint density at radius 3 is 2.29 bits per heavy atom. The molecule has 0 saturated carbocycles. The van der Waals surface area contributed by atoms with Crippen molar-refractivity contribution in [2.75, 3.05) is 13.1 Å². The van der Waals surface area contributed by atoms with E-state index >= 15 is 0 Å². The van der Waals surface area contributed by atoms with Crippen molar-refractivity contribution in [3.05, 3.63) is 156 Å². The number of aromatic amines is 1. The van der Waals surface area contributed by atoms with E-state index in [0.29, 0.717) is 33.6 Å². The number of aromatic nitrogens is 6. The first kappa shape index (κ1) is 44.8. The van der Waals surface area contributed by atoms with Gasteiger partial charge in [-0.2, -0.15) is 5.10 Å². The molecule has 4 N–H and O–H groups in total. The lowest BCUT2D eigenvalue weighted by atomic mass is 9.90. The highest BCUT2D eigenvalue weighted by atomic mass is 35.5. The summed E-state index contributed by atoms with van der Waals surface area (Å²) in [5, 5.41) is 41.7. The topological polar surface area (TPSA) is 167 Å². The summed E-state index contributed by atoms with van der Waals surface area (Å²) in [5.74, 6) is 1.98. The minimum atomic E-state index is -0.544. The summed E-state index contributed by atoms with van der Waals surface area (Å²) in [6, 6.07) is 26.4. The van der Waals surface area contributed by atoms with E-state index in [-0.39, 0.29) is 41.6 Å². The van der Waals surface area contributed by atoms with Crippen molar-refractivity contribution < 1.29 is 15.0 Å². The predicted molar refractivity (Wildman–Crippen MR) is 260 cm³/mol. The lowest BCUT2D eigenvalue weighted by Crippen LogP contribution is -2.33. The molecule has 13 nitrogen and oxygen atoms in total. The molecule has 2 aliphatic heterocycles. The van der Waals surface area contributed by atoms with Crippen LogP contribution >= 0.6 is 22.9 Å². The van der Waals surface area contributed by atoms with Gasteiger partial charge in [0.25, 0.3) is 0 Å². The number of nitrogens with zero attached hydrogens (tertiary/aromatic N) is 7. The van der Waals surface area contributed by atoms with E-state index < -0.39 is 11.7 Å². The van der Waals surface area contributed by atoms with Gasteiger partial charge in [0.2, 0.25) is 5.91 Å². The molecule has 340 valence electrons. The molecule has 1 amide bonds. The normalized spacial score (nSPS) is 15.9. The molecule has 0 unspecified atom stereocenters. The fraction of sp³-hybridized carbons (Fsp3) is 0.333. The number of phenolic OH excluding ortho intramolecular Hbond substituents is 2. The molecular weight excluding hydrogens is 870 g/mol. The number of aromatic hydroxyl groups is 2. The fourth-order valence-electron chi connectivity index (χ4n) is 9.28. The molecule has 4 aromatic carbocycles. The van der Waals surface area contributed by atoms with Crippen LogP contribution in [0.3, 0.4) is 0 Å². The number of rotatable bonds is 12. The maximum absolute atomic E-state index is 13.8. The second-order valence-electron chi connectivity index (χ2n) is 18.0. The van der Waals surface area contributed by atoms with Crippen LogP contribution in [0, 0.1) is 26.7 Å². The third kappa shape index (κ3) is 8.97. The van der Waals surface area contributed by atoms with Gasteiger partial charge in [-0.1, -0.05) is 74.0 Å². The first-order valence-corrected chi connectivity index (χ1v) is 23.7. The summed E-state index contributed by atoms with van der Waals surface area (Å²) < 4.78 is 3.51. The quantitative estimate of drug-likeness (QED) is 0.0941. The van der Waals surface area contributed by atoms with Gasteiger partial charge in [-0.15, -0.1) is 21.5 Å². The molecule has 5 heterocycles. The lowest BCUT2D eigenvalue weighted by Gasteiger charge is -2.32. The van der Waals surface area contributed by atoms with Gasteiger partial charge in [0.05, 0.1) is 29.4 Å². The number of hydrogen-bond donors (Lipinski definition) is 4. The van der Waals surface area contributed by atoms with E-state index in [9.17, 15) is 19.8 Å². The van der Waals surface area contributed by atoms with E-state index in [1.165, 1.54) is 26.6 Å². The molecule has 66 heavy (non-hydrogen) atoms. The van der Waals surface area contributed by atoms with Crippen molar-refractivity contribution in [2.24, 2.45) is 10.9 Å². The van der Waals surface area contributed by atoms with Crippen LogP contribution in [-0.2, 0) is 17.8 Å². The van der Waals surface area contributed by atoms with Crippen LogP contribution in [0.25, 0.3) is 22.1 Å². The number of aryl methyl sites for hydroxylation is 2. The van der Waals surface area contributed by atoms with Crippen LogP contribution in [0.2, 0.25) is 5.02 Å². The van der Waals surface area contributed by atoms with Gasteiger partial charge in [-0.25, -0.2) is 14.5 Å². The van der Waals surface area contributed by atoms with Crippen molar-refractivity contribution in [3.8, 4) is 33.6 Å². The number of hydrogen-bond acceptors (Lipinski definition) is 10. The van der Waals surface area contributed by atoms with Crippen molar-refractivity contribution in [1.29, 1.82) is 0 Å². The number of H-pyrrole nitrogens is 1. The van der Waals surface area contributed by atoms with E-state index in [2.05, 4.69) is 85.4 Å². The molecule has 0 aliphatic carbocycles. The van der Waals surface area contributed by atoms with Gasteiger partial charge < -0.3 is 15.5 Å². The second kappa shape index (κ2) is 18.5. The molecule has 7 aromatic rings. The first-order chi connectivity index (χ1) is 31.7. The van der Waals surface area contributed by atoms with Gasteiger partial charge in [-0.05, 0) is 130 Å². The SMILES string of the molecule is Cc1sc2c(c1C)C(c1ccc(Cl)cc1)=N[C@@H](CC(=O)N[C@H](C)c1ccc(CN3CCC(Cc4ccc(-n5c(-c6cc(C(C)C)c(O)cc6O)n[nH]c5=O)cc4)CC3)cc1)c1nnc(C)n1-2. The number of fused-ring (bicyclic) bond motifs is 3. The number of phenols is 2. The van der Waals surface area contributed by atoms with E-state index in [1.807, 2.05) is 64.1 Å². The zero-order valence-electron chi connectivity index (χ0n) is 38.0. The maximum Gasteiger partial charge on any atom is 0.348 e. The molecule has 3 aromatic heterocycles. The van der Waals surface area contributed by atoms with Gasteiger partial charge >= 0.3 is 5.69 Å². The summed E-state index contributed by atoms with van der Waals surface area (Å²) in [4.78, 5) is 35.7. The largest absolute Gasteiger partial charge is 0.508 e. The summed E-state index contributed by atoms with van der Waals surface area (Å²) >= 11 is 7.97. The zero-order chi connectivity index (χ0) is 46.4. The lowest BCUT2D eigenvalue weighted by molar-refractivity contribution is -0.122. The van der Waals surface area contributed by atoms with Crippen LogP contribution in [0.15, 0.2) is 94.7 Å². The number of piperidine rings is 1. The smallest absolute Gasteiger partial charge is 0.348 e. The van der Waals surface area contributed by atoms with Crippen LogP contribution < -0.4 is 11.0 Å². The molecule has 1 fully saturated rings. The number of thiophene rings is 1. The number of amides is 1. The molecule has 9 rings (SSSR count). The van der Waals surface area contributed by atoms with E-state index in [0.717, 1.165) is 77.7 Å². The van der Waals surface area contributed by atoms with Crippen molar-refractivity contribution in [1.82, 2.24) is 39.7 Å². The molecule has 0 radical (unpaired) electrons. The highest BCUT2D eigenvalue weighted by molar-refractivity contribution is 7.15. The number of halogens is 1. The van der Waals surface area contributed by atoms with E-state index in [1.54, 1.807) is 17.4 Å². The monoisotopic (exact) mass is 923 g/mol. The number of likely N-dealkylation sites (tertiary alicyclic amines) is 1. The van der Waals surface area contributed by atoms with Crippen molar-refractivity contribution in [2.45, 2.75) is 91.8 Å². The molecule has 15 heteroatoms. The summed E-state index contributed by atoms with van der Waals surface area (Å²) in [7, 11) is 0. The molecule has 2 atom stereocenters. The van der Waals surface area contributed by atoms with Crippen LogP contribution in [0.4, 0.5) is 0 Å². The number of nitrogens with one attached hydrogen (secondary N) is 2. The van der Waals surface area contributed by atoms with Gasteiger partial charge in [0.15, 0.2) is 11.6 Å². The Morgan fingerprint density at radius 2 is 1.59 bits per heavy atom. The first-order valence-electron chi connectivity index (χ1n) is 22.5. The highest BCUT2D eigenvalue weighted by Crippen LogP contribution is 2.40. The second-order valence-corrected chi connectivity index (χ2v) is 19.6. The Labute approximate surface area is 392 Å². The summed E-state index contributed by atoms with van der Waals surface area (Å²) in [6.45, 7) is 14.9. The standard InChI is InChI=1S/C51H54ClN9O4S/c1-28(2)40-24-41(44(63)26-43(40)62)48-56-58-51(65)61(48)39-17-9-33(10-18-39)23-34-19-21-59(22-20-34)27-35-7-11-36(12-8-35)30(4)53-45(64)25-42-49-57-55-32(6)60(49)50-46(29(3)31(5)66-50)47(54-42)37-13-15-38(52)16-14-37/h7-18,24,26,28,30,34,42,62-63H,19-23,25,27H2,1-6H3,(H,53,64)(H,58,65)/t30-,42+/m1/s1. The Kier molecular flexibility index (Phi) is 12.6. The molecule has 0 spiro atoms. The zero-order valence-corrected chi connectivity index (χ0v) is 39.5. The number of carbonyl (C=O) groups excluding carboxylic acids is 1. The van der Waals surface area contributed by atoms with Gasteiger partial charge in [0.1, 0.15) is 28.4 Å². The Hall–Kier alpha value is -6.35. The third-order valence-corrected chi connectivity index (χ3v) is 14.5. The Bertz CT molecular complexity index is 3000. The summed E-state index contributed by atoms with van der Waals surface area (Å²) in [5.41, 5.74) is 8.65. The third-order valence-electron chi connectivity index (χ3n) is 13.1. The van der Waals surface area contributed by atoms with Crippen molar-refractivity contribution >= 4 is 34.6 Å². The van der Waals surface area contributed by atoms with E-state index in [4.69, 9.17) is 16.6 Å². The summed E-state index contributed by atoms with van der Waals surface area (Å²) in [6.07, 6.45) is 3.23. The average molecular weight is 925 g/mol. The highest BCUT2D eigenvalue weighted by Gasteiger charge is 2.33. The van der Waals surface area contributed by atoms with Crippen LogP contribution in [-0.4, -0.2) is 69.4 Å². The molecule has 1 saturated heterocycles. The average Bonchev–Trinajstić information content (AvgIpc) is 3.93. The fourth-order valence-corrected chi connectivity index (χ4v) is 10.6. The Balaban J connectivity index is 0.796. The Morgan fingerprint density at radius 1 is 0.894 bits per heavy atom. The molecule has 0 bridgehead atoms. The number of aliphatic imine (C=N–C) groups is 1. The maximum atomic E-state index is 13.8.